The molecule has 6 nitrogen and oxygen atoms in total. The van der Waals surface area contributed by atoms with Gasteiger partial charge < -0.3 is 10.7 Å². The number of hydrogen-bond donors (Lipinski definition) is 1. The highest BCUT2D eigenvalue weighted by molar-refractivity contribution is 7.99. The molecule has 0 bridgehead atoms. The minimum atomic E-state index is -0.0118. The number of carbonyl (C=O) groups is 1. The van der Waals surface area contributed by atoms with Crippen molar-refractivity contribution in [2.24, 2.45) is 0 Å². The van der Waals surface area contributed by atoms with Crippen LogP contribution in [0.1, 0.15) is 0 Å². The second-order valence-electron chi connectivity index (χ2n) is 4.26. The Bertz CT molecular complexity index is 628. The first-order valence-electron chi connectivity index (χ1n) is 5.78. The molecule has 0 atom stereocenters. The lowest BCUT2D eigenvalue weighted by Gasteiger charge is -2.09. The predicted octanol–water partition coefficient (Wildman–Crippen LogP) is 1.49. The van der Waals surface area contributed by atoms with Crippen molar-refractivity contribution in [2.75, 3.05) is 25.7 Å². The van der Waals surface area contributed by atoms with Gasteiger partial charge >= 0.3 is 0 Å². The second kappa shape index (κ2) is 6.15. The number of aromatic nitrogens is 3. The highest BCUT2D eigenvalue weighted by atomic mass is 35.5. The molecule has 8 heteroatoms. The number of hydrogen-bond acceptors (Lipinski definition) is 5. The Labute approximate surface area is 125 Å². The fraction of sp³-hybridized carbons (Fsp3) is 0.250. The lowest BCUT2D eigenvalue weighted by atomic mass is 10.2. The molecule has 2 aromatic rings. The first-order chi connectivity index (χ1) is 9.49. The summed E-state index contributed by atoms with van der Waals surface area (Å²) in [6.07, 6.45) is 0. The van der Waals surface area contributed by atoms with Gasteiger partial charge in [0, 0.05) is 24.7 Å². The number of carbonyl (C=O) groups excluding carboxylic acids is 1. The standard InChI is InChI=1S/C12H14ClN5OS/c1-17(2)10(19)7-20-12-16-15-11(18(12)14)8-4-3-5-9(13)6-8/h3-6H,7,14H2,1-2H3. The quantitative estimate of drug-likeness (QED) is 0.684. The van der Waals surface area contributed by atoms with Gasteiger partial charge in [-0.3, -0.25) is 4.79 Å². The maximum absolute atomic E-state index is 11.5. The molecule has 0 spiro atoms. The van der Waals surface area contributed by atoms with Crippen LogP contribution in [-0.4, -0.2) is 45.5 Å². The van der Waals surface area contributed by atoms with Crippen molar-refractivity contribution in [3.8, 4) is 11.4 Å². The molecule has 0 radical (unpaired) electrons. The van der Waals surface area contributed by atoms with Gasteiger partial charge in [-0.2, -0.15) is 0 Å². The van der Waals surface area contributed by atoms with Crippen molar-refractivity contribution in [3.63, 3.8) is 0 Å². The largest absolute Gasteiger partial charge is 0.348 e. The van der Waals surface area contributed by atoms with Crippen LogP contribution in [-0.2, 0) is 4.79 Å². The Balaban J connectivity index is 2.17. The van der Waals surface area contributed by atoms with E-state index in [1.165, 1.54) is 21.3 Å². The van der Waals surface area contributed by atoms with E-state index in [2.05, 4.69) is 10.2 Å². The van der Waals surface area contributed by atoms with Gasteiger partial charge in [0.2, 0.25) is 11.1 Å². The first kappa shape index (κ1) is 14.7. The molecule has 0 saturated heterocycles. The van der Waals surface area contributed by atoms with Gasteiger partial charge in [0.05, 0.1) is 5.75 Å². The number of nitrogens with two attached hydrogens (primary N) is 1. The second-order valence-corrected chi connectivity index (χ2v) is 5.64. The van der Waals surface area contributed by atoms with Crippen molar-refractivity contribution in [2.45, 2.75) is 5.16 Å². The Morgan fingerprint density at radius 1 is 1.45 bits per heavy atom. The van der Waals surface area contributed by atoms with Crippen LogP contribution in [0.25, 0.3) is 11.4 Å². The van der Waals surface area contributed by atoms with Crippen molar-refractivity contribution >= 4 is 29.3 Å². The molecule has 1 amide bonds. The van der Waals surface area contributed by atoms with E-state index in [1.807, 2.05) is 12.1 Å². The summed E-state index contributed by atoms with van der Waals surface area (Å²) in [5, 5.41) is 9.10. The predicted molar refractivity (Wildman–Crippen MR) is 80.0 cm³/mol. The number of benzene rings is 1. The lowest BCUT2D eigenvalue weighted by molar-refractivity contribution is -0.125. The van der Waals surface area contributed by atoms with E-state index in [9.17, 15) is 4.79 Å². The molecule has 1 aromatic heterocycles. The summed E-state index contributed by atoms with van der Waals surface area (Å²) in [6.45, 7) is 0. The maximum Gasteiger partial charge on any atom is 0.232 e. The number of nitrogens with zero attached hydrogens (tertiary/aromatic N) is 4. The van der Waals surface area contributed by atoms with Crippen LogP contribution in [0.3, 0.4) is 0 Å². The molecular weight excluding hydrogens is 298 g/mol. The number of halogens is 1. The Hall–Kier alpha value is -1.73. The SMILES string of the molecule is CN(C)C(=O)CSc1nnc(-c2cccc(Cl)c2)n1N. The summed E-state index contributed by atoms with van der Waals surface area (Å²) in [4.78, 5) is 13.1. The summed E-state index contributed by atoms with van der Waals surface area (Å²) in [7, 11) is 3.40. The number of thioether (sulfide) groups is 1. The van der Waals surface area contributed by atoms with Crippen molar-refractivity contribution in [3.05, 3.63) is 29.3 Å². The summed E-state index contributed by atoms with van der Waals surface area (Å²) in [5.74, 6) is 6.71. The minimum absolute atomic E-state index is 0.0118. The van der Waals surface area contributed by atoms with Crippen LogP contribution < -0.4 is 5.84 Å². The Morgan fingerprint density at radius 3 is 2.85 bits per heavy atom. The fourth-order valence-electron chi connectivity index (χ4n) is 1.46. The molecule has 0 aliphatic carbocycles. The van der Waals surface area contributed by atoms with Gasteiger partial charge in [0.15, 0.2) is 5.82 Å². The Morgan fingerprint density at radius 2 is 2.20 bits per heavy atom. The van der Waals surface area contributed by atoms with Crippen LogP contribution >= 0.6 is 23.4 Å². The van der Waals surface area contributed by atoms with E-state index < -0.39 is 0 Å². The van der Waals surface area contributed by atoms with Crippen LogP contribution in [0.5, 0.6) is 0 Å². The number of amides is 1. The van der Waals surface area contributed by atoms with Gasteiger partial charge in [-0.05, 0) is 12.1 Å². The van der Waals surface area contributed by atoms with Crippen molar-refractivity contribution in [1.29, 1.82) is 0 Å². The van der Waals surface area contributed by atoms with Gasteiger partial charge in [-0.1, -0.05) is 35.5 Å². The summed E-state index contributed by atoms with van der Waals surface area (Å²) in [6, 6.07) is 7.19. The summed E-state index contributed by atoms with van der Waals surface area (Å²) in [5.41, 5.74) is 0.776. The van der Waals surface area contributed by atoms with E-state index in [0.29, 0.717) is 16.0 Å². The van der Waals surface area contributed by atoms with Gasteiger partial charge in [0.25, 0.3) is 0 Å². The molecule has 1 heterocycles. The molecule has 2 N–H and O–H groups in total. The first-order valence-corrected chi connectivity index (χ1v) is 7.15. The van der Waals surface area contributed by atoms with E-state index in [-0.39, 0.29) is 11.7 Å². The average molecular weight is 312 g/mol. The third-order valence-corrected chi connectivity index (χ3v) is 3.73. The molecule has 0 unspecified atom stereocenters. The van der Waals surface area contributed by atoms with Gasteiger partial charge in [0.1, 0.15) is 0 Å². The zero-order valence-corrected chi connectivity index (χ0v) is 12.6. The van der Waals surface area contributed by atoms with E-state index >= 15 is 0 Å². The third kappa shape index (κ3) is 3.23. The lowest BCUT2D eigenvalue weighted by Crippen LogP contribution is -2.24. The Kier molecular flexibility index (Phi) is 4.51. The molecule has 0 aliphatic rings. The van der Waals surface area contributed by atoms with Crippen molar-refractivity contribution in [1.82, 2.24) is 19.8 Å². The zero-order chi connectivity index (χ0) is 14.7. The molecule has 0 aliphatic heterocycles. The number of nitrogen functional groups attached to an aromatic ring is 1. The van der Waals surface area contributed by atoms with Crippen LogP contribution in [0.2, 0.25) is 5.02 Å². The topological polar surface area (TPSA) is 77.0 Å². The highest BCUT2D eigenvalue weighted by Gasteiger charge is 2.14. The van der Waals surface area contributed by atoms with E-state index in [0.717, 1.165) is 5.56 Å². The molecule has 0 fully saturated rings. The monoisotopic (exact) mass is 311 g/mol. The highest BCUT2D eigenvalue weighted by Crippen LogP contribution is 2.23. The van der Waals surface area contributed by atoms with Crippen LogP contribution in [0.15, 0.2) is 29.4 Å². The van der Waals surface area contributed by atoms with Crippen molar-refractivity contribution < 1.29 is 4.79 Å². The molecule has 106 valence electrons. The average Bonchev–Trinajstić information content (AvgIpc) is 2.77. The molecular formula is C12H14ClN5OS. The molecule has 1 aromatic carbocycles. The number of rotatable bonds is 4. The van der Waals surface area contributed by atoms with E-state index in [4.69, 9.17) is 17.4 Å². The maximum atomic E-state index is 11.5. The minimum Gasteiger partial charge on any atom is -0.348 e. The van der Waals surface area contributed by atoms with Gasteiger partial charge in [-0.15, -0.1) is 10.2 Å². The van der Waals surface area contributed by atoms with Crippen LogP contribution in [0, 0.1) is 0 Å². The smallest absolute Gasteiger partial charge is 0.232 e. The zero-order valence-electron chi connectivity index (χ0n) is 11.1. The summed E-state index contributed by atoms with van der Waals surface area (Å²) >= 11 is 7.18. The molecule has 20 heavy (non-hydrogen) atoms. The normalized spacial score (nSPS) is 10.6. The summed E-state index contributed by atoms with van der Waals surface area (Å²) < 4.78 is 1.36. The van der Waals surface area contributed by atoms with Crippen LogP contribution in [0.4, 0.5) is 0 Å². The third-order valence-electron chi connectivity index (χ3n) is 2.57. The molecule has 2 rings (SSSR count). The van der Waals surface area contributed by atoms with E-state index in [1.54, 1.807) is 26.2 Å². The fourth-order valence-corrected chi connectivity index (χ4v) is 2.48. The molecule has 0 saturated carbocycles. The van der Waals surface area contributed by atoms with Gasteiger partial charge in [-0.25, -0.2) is 4.68 Å².